The predicted octanol–water partition coefficient (Wildman–Crippen LogP) is 2.71. The van der Waals surface area contributed by atoms with Gasteiger partial charge in [-0.25, -0.2) is 9.59 Å². The first kappa shape index (κ1) is 18.0. The molecule has 0 aromatic carbocycles. The van der Waals surface area contributed by atoms with E-state index >= 15 is 0 Å². The summed E-state index contributed by atoms with van der Waals surface area (Å²) >= 11 is 0. The van der Waals surface area contributed by atoms with Gasteiger partial charge in [0.2, 0.25) is 0 Å². The molecule has 1 fully saturated rings. The third-order valence-electron chi connectivity index (χ3n) is 3.67. The quantitative estimate of drug-likeness (QED) is 0.836. The molecular weight excluding hydrogens is 312 g/mol. The Kier molecular flexibility index (Phi) is 5.31. The monoisotopic (exact) mass is 336 g/mol. The molecule has 0 saturated heterocycles. The molecule has 0 aliphatic heterocycles. The zero-order valence-electron chi connectivity index (χ0n) is 14.5. The second-order valence-electron chi connectivity index (χ2n) is 6.98. The van der Waals surface area contributed by atoms with Crippen LogP contribution in [0.5, 0.6) is 0 Å². The van der Waals surface area contributed by atoms with Gasteiger partial charge >= 0.3 is 12.1 Å². The number of carbonyl (C=O) groups is 2. The van der Waals surface area contributed by atoms with Gasteiger partial charge in [0.15, 0.2) is 0 Å². The number of esters is 1. The van der Waals surface area contributed by atoms with Crippen LogP contribution in [0, 0.1) is 5.92 Å². The number of ether oxygens (including phenoxy) is 2. The van der Waals surface area contributed by atoms with Crippen LogP contribution in [0.15, 0.2) is 23.1 Å². The minimum absolute atomic E-state index is 0.0662. The molecule has 1 aliphatic rings. The number of rotatable bonds is 5. The van der Waals surface area contributed by atoms with Crippen LogP contribution in [-0.4, -0.2) is 29.3 Å². The maximum Gasteiger partial charge on any atom is 0.412 e. The van der Waals surface area contributed by atoms with Gasteiger partial charge in [0, 0.05) is 6.20 Å². The molecule has 2 rings (SSSR count). The van der Waals surface area contributed by atoms with E-state index < -0.39 is 29.3 Å². The SMILES string of the molecule is COC(=O)C(CC1CC1)n1cccc(NC(=O)OC(C)(C)C)c1=O. The highest BCUT2D eigenvalue weighted by Gasteiger charge is 2.32. The Morgan fingerprint density at radius 3 is 2.58 bits per heavy atom. The molecule has 24 heavy (non-hydrogen) atoms. The largest absolute Gasteiger partial charge is 0.467 e. The third-order valence-corrected chi connectivity index (χ3v) is 3.67. The number of anilines is 1. The highest BCUT2D eigenvalue weighted by atomic mass is 16.6. The summed E-state index contributed by atoms with van der Waals surface area (Å²) in [5, 5.41) is 2.44. The van der Waals surface area contributed by atoms with Crippen molar-refractivity contribution in [1.29, 1.82) is 0 Å². The molecule has 1 saturated carbocycles. The van der Waals surface area contributed by atoms with Crippen LogP contribution in [0.2, 0.25) is 0 Å². The van der Waals surface area contributed by atoms with Gasteiger partial charge in [-0.2, -0.15) is 0 Å². The third kappa shape index (κ3) is 4.84. The Labute approximate surface area is 140 Å². The van der Waals surface area contributed by atoms with Crippen molar-refractivity contribution in [2.45, 2.75) is 51.7 Å². The number of pyridine rings is 1. The van der Waals surface area contributed by atoms with Crippen LogP contribution < -0.4 is 10.9 Å². The Hall–Kier alpha value is -2.31. The fraction of sp³-hybridized carbons (Fsp3) is 0.588. The van der Waals surface area contributed by atoms with E-state index in [-0.39, 0.29) is 5.69 Å². The summed E-state index contributed by atoms with van der Waals surface area (Å²) < 4.78 is 11.3. The van der Waals surface area contributed by atoms with Crippen LogP contribution in [0.1, 0.15) is 46.1 Å². The molecule has 1 aromatic heterocycles. The Bertz CT molecular complexity index is 670. The van der Waals surface area contributed by atoms with Crippen LogP contribution in [0.3, 0.4) is 0 Å². The topological polar surface area (TPSA) is 86.6 Å². The Morgan fingerprint density at radius 2 is 2.04 bits per heavy atom. The highest BCUT2D eigenvalue weighted by Crippen LogP contribution is 2.37. The molecule has 1 aliphatic carbocycles. The van der Waals surface area contributed by atoms with Crippen molar-refractivity contribution in [3.05, 3.63) is 28.7 Å². The molecule has 1 amide bonds. The minimum Gasteiger partial charge on any atom is -0.467 e. The number of nitrogens with one attached hydrogen (secondary N) is 1. The van der Waals surface area contributed by atoms with Gasteiger partial charge in [0.25, 0.3) is 5.56 Å². The first-order valence-corrected chi connectivity index (χ1v) is 8.00. The van der Waals surface area contributed by atoms with Crippen LogP contribution in [0.4, 0.5) is 10.5 Å². The second kappa shape index (κ2) is 7.07. The van der Waals surface area contributed by atoms with E-state index in [1.54, 1.807) is 26.8 Å². The summed E-state index contributed by atoms with van der Waals surface area (Å²) in [5.41, 5.74) is -1.06. The molecule has 1 aromatic rings. The van der Waals surface area contributed by atoms with Crippen molar-refractivity contribution >= 4 is 17.7 Å². The predicted molar refractivity (Wildman–Crippen MR) is 89.0 cm³/mol. The molecule has 7 nitrogen and oxygen atoms in total. The van der Waals surface area contributed by atoms with Gasteiger partial charge < -0.3 is 9.47 Å². The molecule has 0 spiro atoms. The standard InChI is InChI=1S/C17H24N2O5/c1-17(2,3)24-16(22)18-12-6-5-9-19(14(12)20)13(15(21)23-4)10-11-7-8-11/h5-6,9,11,13H,7-8,10H2,1-4H3,(H,18,22). The van der Waals surface area contributed by atoms with Crippen LogP contribution in [0.25, 0.3) is 0 Å². The van der Waals surface area contributed by atoms with E-state index in [2.05, 4.69) is 5.32 Å². The zero-order chi connectivity index (χ0) is 17.9. The summed E-state index contributed by atoms with van der Waals surface area (Å²) in [6.45, 7) is 5.20. The smallest absolute Gasteiger partial charge is 0.412 e. The van der Waals surface area contributed by atoms with E-state index in [9.17, 15) is 14.4 Å². The van der Waals surface area contributed by atoms with Crippen molar-refractivity contribution in [2.24, 2.45) is 5.92 Å². The lowest BCUT2D eigenvalue weighted by atomic mass is 10.1. The molecule has 1 atom stereocenters. The Balaban J connectivity index is 2.23. The maximum absolute atomic E-state index is 12.6. The summed E-state index contributed by atoms with van der Waals surface area (Å²) in [4.78, 5) is 36.5. The Morgan fingerprint density at radius 1 is 1.38 bits per heavy atom. The first-order valence-electron chi connectivity index (χ1n) is 8.00. The van der Waals surface area contributed by atoms with Crippen molar-refractivity contribution in [3.8, 4) is 0 Å². The summed E-state index contributed by atoms with van der Waals surface area (Å²) in [6.07, 6.45) is 3.49. The van der Waals surface area contributed by atoms with Crippen molar-refractivity contribution < 1.29 is 19.1 Å². The fourth-order valence-electron chi connectivity index (χ4n) is 2.39. The van der Waals surface area contributed by atoms with E-state index in [4.69, 9.17) is 9.47 Å². The van der Waals surface area contributed by atoms with Gasteiger partial charge in [-0.05, 0) is 45.2 Å². The van der Waals surface area contributed by atoms with Gasteiger partial charge in [-0.3, -0.25) is 14.7 Å². The van der Waals surface area contributed by atoms with Gasteiger partial charge in [-0.15, -0.1) is 0 Å². The highest BCUT2D eigenvalue weighted by molar-refractivity contribution is 5.84. The fourth-order valence-corrected chi connectivity index (χ4v) is 2.39. The van der Waals surface area contributed by atoms with E-state index in [0.29, 0.717) is 12.3 Å². The molecular formula is C17H24N2O5. The molecule has 1 N–H and O–H groups in total. The van der Waals surface area contributed by atoms with Gasteiger partial charge in [-0.1, -0.05) is 12.8 Å². The zero-order valence-corrected chi connectivity index (χ0v) is 14.5. The van der Waals surface area contributed by atoms with Crippen LogP contribution in [-0.2, 0) is 14.3 Å². The average Bonchev–Trinajstić information content (AvgIpc) is 3.29. The molecule has 7 heteroatoms. The lowest BCUT2D eigenvalue weighted by molar-refractivity contribution is -0.145. The first-order chi connectivity index (χ1) is 11.2. The lowest BCUT2D eigenvalue weighted by Gasteiger charge is -2.21. The number of nitrogens with zero attached hydrogens (tertiary/aromatic N) is 1. The van der Waals surface area contributed by atoms with E-state index in [1.807, 2.05) is 0 Å². The molecule has 132 valence electrons. The molecule has 1 unspecified atom stereocenters. The number of carbonyl (C=O) groups excluding carboxylic acids is 2. The number of hydrogen-bond acceptors (Lipinski definition) is 5. The number of methoxy groups -OCH3 is 1. The summed E-state index contributed by atoms with van der Waals surface area (Å²) in [7, 11) is 1.30. The van der Waals surface area contributed by atoms with Crippen molar-refractivity contribution in [1.82, 2.24) is 4.57 Å². The van der Waals surface area contributed by atoms with Crippen molar-refractivity contribution in [3.63, 3.8) is 0 Å². The average molecular weight is 336 g/mol. The maximum atomic E-state index is 12.6. The van der Waals surface area contributed by atoms with E-state index in [1.165, 1.54) is 23.9 Å². The minimum atomic E-state index is -0.714. The lowest BCUT2D eigenvalue weighted by Crippen LogP contribution is -2.34. The normalized spacial score (nSPS) is 15.5. The number of amides is 1. The van der Waals surface area contributed by atoms with Gasteiger partial charge in [0.1, 0.15) is 17.3 Å². The van der Waals surface area contributed by atoms with Crippen molar-refractivity contribution in [2.75, 3.05) is 12.4 Å². The second-order valence-corrected chi connectivity index (χ2v) is 6.98. The van der Waals surface area contributed by atoms with Gasteiger partial charge in [0.05, 0.1) is 7.11 Å². The summed E-state index contributed by atoms with van der Waals surface area (Å²) in [5.74, 6) is -0.0260. The molecule has 1 heterocycles. The van der Waals surface area contributed by atoms with Crippen LogP contribution >= 0.6 is 0 Å². The molecule has 0 radical (unpaired) electrons. The van der Waals surface area contributed by atoms with E-state index in [0.717, 1.165) is 12.8 Å². The summed E-state index contributed by atoms with van der Waals surface area (Å²) in [6, 6.07) is 2.40. The molecule has 0 bridgehead atoms. The number of hydrogen-bond donors (Lipinski definition) is 1. The number of aromatic nitrogens is 1.